The van der Waals surface area contributed by atoms with Crippen molar-refractivity contribution in [3.63, 3.8) is 0 Å². The molecule has 0 saturated carbocycles. The maximum Gasteiger partial charge on any atom is 0.254 e. The van der Waals surface area contributed by atoms with Gasteiger partial charge in [0.2, 0.25) is 0 Å². The fourth-order valence-electron chi connectivity index (χ4n) is 11.6. The van der Waals surface area contributed by atoms with Crippen LogP contribution in [0.4, 0.5) is 33.4 Å². The van der Waals surface area contributed by atoms with Gasteiger partial charge in [-0.3, -0.25) is 0 Å². The SMILES string of the molecule is Cc1cc(-c2cc3ccccc3o2)cc(C)c1N1c2cc(C(C)C)cc3c2B(c2ccc(-c4cc5ccccc5s4)cc2N3c2cccc(-c3cc4ccccc4s3)c2)c2c1sc1ccc(C(C)(C)C)cc21. The van der Waals surface area contributed by atoms with E-state index >= 15 is 0 Å². The highest BCUT2D eigenvalue weighted by atomic mass is 32.1. The Kier molecular flexibility index (Phi) is 9.80. The first-order valence-corrected chi connectivity index (χ1v) is 27.6. The fourth-order valence-corrected chi connectivity index (χ4v) is 15.0. The van der Waals surface area contributed by atoms with E-state index in [-0.39, 0.29) is 18.0 Å². The molecule has 0 aliphatic carbocycles. The molecule has 12 aromatic rings. The zero-order valence-electron chi connectivity index (χ0n) is 41.4. The van der Waals surface area contributed by atoms with E-state index in [1.165, 1.54) is 118 Å². The predicted octanol–water partition coefficient (Wildman–Crippen LogP) is 18.2. The first-order valence-electron chi connectivity index (χ1n) is 25.1. The zero-order chi connectivity index (χ0) is 48.7. The third kappa shape index (κ3) is 6.81. The fraction of sp³-hybridized carbons (Fsp3) is 0.138. The van der Waals surface area contributed by atoms with E-state index in [4.69, 9.17) is 4.42 Å². The molecule has 348 valence electrons. The maximum absolute atomic E-state index is 6.51. The topological polar surface area (TPSA) is 19.6 Å². The molecular formula is C65H51BN2OS3. The number of fused-ring (bicyclic) bond motifs is 9. The molecule has 2 aliphatic rings. The van der Waals surface area contributed by atoms with Gasteiger partial charge >= 0.3 is 0 Å². The Balaban J connectivity index is 1.06. The Morgan fingerprint density at radius 3 is 1.83 bits per heavy atom. The number of benzene rings is 8. The molecule has 0 radical (unpaired) electrons. The Morgan fingerprint density at radius 1 is 0.514 bits per heavy atom. The molecule has 0 unspecified atom stereocenters. The van der Waals surface area contributed by atoms with Crippen LogP contribution in [0, 0.1) is 13.8 Å². The lowest BCUT2D eigenvalue weighted by atomic mass is 9.33. The standard InChI is InChI=1S/C65H51BN2OS3/c1-37(2)45-31-52-62-53(32-45)68(63-38(3)27-46(28-39(63)4)55-33-40-15-8-11-20-54(40)69-55)64-61(49-36-47(65(5,6)7)24-26-58(49)72-64)66(62)50-25-23-44(60-35-43-17-10-13-22-57(43)71-60)30-51(50)67(52)48-19-14-18-41(29-48)59-34-42-16-9-12-21-56(42)70-59/h8-37H,1-7H3. The third-order valence-electron chi connectivity index (χ3n) is 15.2. The number of rotatable bonds is 6. The average Bonchev–Trinajstić information content (AvgIpc) is 4.20. The Hall–Kier alpha value is -7.16. The highest BCUT2D eigenvalue weighted by Gasteiger charge is 2.46. The van der Waals surface area contributed by atoms with Gasteiger partial charge in [-0.15, -0.1) is 34.0 Å². The predicted molar refractivity (Wildman–Crippen MR) is 315 cm³/mol. The van der Waals surface area contributed by atoms with Crippen molar-refractivity contribution in [2.75, 3.05) is 9.80 Å². The van der Waals surface area contributed by atoms with Crippen LogP contribution in [0.25, 0.3) is 73.4 Å². The normalized spacial score (nSPS) is 13.2. The second kappa shape index (κ2) is 16.2. The average molecular weight is 983 g/mol. The number of furan rings is 1. The molecule has 7 heteroatoms. The molecule has 0 amide bonds. The molecule has 72 heavy (non-hydrogen) atoms. The summed E-state index contributed by atoms with van der Waals surface area (Å²) in [6.45, 7) is 16.3. The smallest absolute Gasteiger partial charge is 0.254 e. The summed E-state index contributed by atoms with van der Waals surface area (Å²) >= 11 is 5.69. The first-order chi connectivity index (χ1) is 34.9. The van der Waals surface area contributed by atoms with Crippen LogP contribution in [-0.4, -0.2) is 6.71 Å². The Morgan fingerprint density at radius 2 is 1.17 bits per heavy atom. The van der Waals surface area contributed by atoms with Crippen LogP contribution >= 0.6 is 34.0 Å². The number of aryl methyl sites for hydroxylation is 2. The molecule has 6 heterocycles. The number of thiophene rings is 3. The summed E-state index contributed by atoms with van der Waals surface area (Å²) in [5.41, 5.74) is 19.7. The van der Waals surface area contributed by atoms with E-state index in [9.17, 15) is 0 Å². The van der Waals surface area contributed by atoms with Crippen molar-refractivity contribution < 1.29 is 4.42 Å². The highest BCUT2D eigenvalue weighted by Crippen LogP contribution is 2.52. The zero-order valence-corrected chi connectivity index (χ0v) is 43.9. The molecule has 0 bridgehead atoms. The largest absolute Gasteiger partial charge is 0.456 e. The molecule has 14 rings (SSSR count). The summed E-state index contributed by atoms with van der Waals surface area (Å²) in [4.78, 5) is 7.83. The molecule has 3 nitrogen and oxygen atoms in total. The van der Waals surface area contributed by atoms with E-state index in [0.29, 0.717) is 0 Å². The highest BCUT2D eigenvalue weighted by molar-refractivity contribution is 7.26. The van der Waals surface area contributed by atoms with Crippen molar-refractivity contribution >= 4 is 132 Å². The number of hydrogen-bond acceptors (Lipinski definition) is 6. The molecule has 8 aromatic carbocycles. The van der Waals surface area contributed by atoms with Crippen molar-refractivity contribution in [2.24, 2.45) is 0 Å². The summed E-state index contributed by atoms with van der Waals surface area (Å²) in [6.07, 6.45) is 0. The minimum Gasteiger partial charge on any atom is -0.456 e. The van der Waals surface area contributed by atoms with Gasteiger partial charge in [0.15, 0.2) is 0 Å². The van der Waals surface area contributed by atoms with E-state index in [1.54, 1.807) is 0 Å². The maximum atomic E-state index is 6.51. The monoisotopic (exact) mass is 982 g/mol. The Bertz CT molecular complexity index is 4070. The summed E-state index contributed by atoms with van der Waals surface area (Å²) in [5.74, 6) is 1.17. The van der Waals surface area contributed by atoms with Gasteiger partial charge < -0.3 is 14.2 Å². The molecule has 4 aromatic heterocycles. The van der Waals surface area contributed by atoms with E-state index in [2.05, 4.69) is 228 Å². The second-order valence-electron chi connectivity index (χ2n) is 21.2. The number of anilines is 6. The molecule has 0 N–H and O–H groups in total. The lowest BCUT2D eigenvalue weighted by Gasteiger charge is -2.44. The van der Waals surface area contributed by atoms with Crippen LogP contribution < -0.4 is 26.2 Å². The van der Waals surface area contributed by atoms with Crippen molar-refractivity contribution in [1.82, 2.24) is 0 Å². The number of hydrogen-bond donors (Lipinski definition) is 0. The van der Waals surface area contributed by atoms with Gasteiger partial charge in [0.05, 0.1) is 10.7 Å². The third-order valence-corrected chi connectivity index (χ3v) is 18.7. The molecule has 0 spiro atoms. The van der Waals surface area contributed by atoms with Gasteiger partial charge in [0, 0.05) is 57.6 Å². The molecule has 0 atom stereocenters. The van der Waals surface area contributed by atoms with Crippen LogP contribution in [0.1, 0.15) is 62.8 Å². The van der Waals surface area contributed by atoms with E-state index < -0.39 is 0 Å². The van der Waals surface area contributed by atoms with Crippen LogP contribution in [0.3, 0.4) is 0 Å². The van der Waals surface area contributed by atoms with Gasteiger partial charge in [0.25, 0.3) is 6.71 Å². The first kappa shape index (κ1) is 43.6. The van der Waals surface area contributed by atoms with Crippen LogP contribution in [0.15, 0.2) is 180 Å². The Labute approximate surface area is 433 Å². The van der Waals surface area contributed by atoms with E-state index in [0.717, 1.165) is 28.0 Å². The minimum atomic E-state index is -0.0217. The van der Waals surface area contributed by atoms with Crippen LogP contribution in [0.2, 0.25) is 0 Å². The van der Waals surface area contributed by atoms with E-state index in [1.807, 2.05) is 40.1 Å². The molecule has 2 aliphatic heterocycles. The van der Waals surface area contributed by atoms with Gasteiger partial charge in [-0.05, 0) is 176 Å². The quantitative estimate of drug-likeness (QED) is 0.155. The van der Waals surface area contributed by atoms with Crippen molar-refractivity contribution in [2.45, 2.75) is 59.8 Å². The van der Waals surface area contributed by atoms with Crippen molar-refractivity contribution in [1.29, 1.82) is 0 Å². The number of para-hydroxylation sites is 1. The lowest BCUT2D eigenvalue weighted by Crippen LogP contribution is -2.61. The summed E-state index contributed by atoms with van der Waals surface area (Å²) in [6, 6.07) is 66.5. The number of nitrogens with zero attached hydrogens (tertiary/aromatic N) is 2. The van der Waals surface area contributed by atoms with Crippen LogP contribution in [0.5, 0.6) is 0 Å². The summed E-state index contributed by atoms with van der Waals surface area (Å²) < 4.78 is 10.4. The molecular weight excluding hydrogens is 932 g/mol. The van der Waals surface area contributed by atoms with Gasteiger partial charge in [-0.2, -0.15) is 0 Å². The summed E-state index contributed by atoms with van der Waals surface area (Å²) in [7, 11) is 0. The molecule has 0 saturated heterocycles. The lowest BCUT2D eigenvalue weighted by molar-refractivity contribution is 0.591. The second-order valence-corrected chi connectivity index (χ2v) is 24.4. The summed E-state index contributed by atoms with van der Waals surface area (Å²) in [5, 5.41) is 6.32. The van der Waals surface area contributed by atoms with Crippen molar-refractivity contribution in [3.05, 3.63) is 198 Å². The van der Waals surface area contributed by atoms with Crippen molar-refractivity contribution in [3.8, 4) is 32.2 Å². The minimum absolute atomic E-state index is 0.0182. The van der Waals surface area contributed by atoms with Gasteiger partial charge in [0.1, 0.15) is 11.3 Å². The van der Waals surface area contributed by atoms with Crippen LogP contribution in [-0.2, 0) is 5.41 Å². The van der Waals surface area contributed by atoms with Gasteiger partial charge in [-0.25, -0.2) is 0 Å². The molecule has 0 fully saturated rings. The van der Waals surface area contributed by atoms with Gasteiger partial charge in [-0.1, -0.05) is 126 Å².